The summed E-state index contributed by atoms with van der Waals surface area (Å²) >= 11 is 0. The number of aliphatic hydroxyl groups is 1. The zero-order valence-electron chi connectivity index (χ0n) is 11.0. The summed E-state index contributed by atoms with van der Waals surface area (Å²) in [4.78, 5) is 13.5. The molecule has 0 bridgehead atoms. The van der Waals surface area contributed by atoms with Crippen molar-refractivity contribution in [3.8, 4) is 0 Å². The number of alkyl halides is 3. The molecule has 5 nitrogen and oxygen atoms in total. The number of aliphatic hydroxyl groups excluding tert-OH is 1. The summed E-state index contributed by atoms with van der Waals surface area (Å²) in [5, 5.41) is 12.9. The van der Waals surface area contributed by atoms with Crippen LogP contribution in [0.2, 0.25) is 0 Å². The van der Waals surface area contributed by atoms with Crippen molar-refractivity contribution in [2.75, 3.05) is 13.1 Å². The number of carbonyl (C=O) groups excluding carboxylic acids is 1. The normalized spacial score (nSPS) is 23.9. The molecular weight excluding hydrogens is 275 g/mol. The van der Waals surface area contributed by atoms with Gasteiger partial charge in [0, 0.05) is 19.3 Å². The highest BCUT2D eigenvalue weighted by Crippen LogP contribution is 2.27. The number of likely N-dealkylation sites (tertiary alicyclic amines) is 1. The molecule has 2 unspecified atom stereocenters. The van der Waals surface area contributed by atoms with E-state index < -0.39 is 18.0 Å². The van der Waals surface area contributed by atoms with Gasteiger partial charge in [0.15, 0.2) is 5.69 Å². The average molecular weight is 291 g/mol. The summed E-state index contributed by atoms with van der Waals surface area (Å²) < 4.78 is 38.2. The van der Waals surface area contributed by atoms with E-state index in [2.05, 4.69) is 5.10 Å². The predicted octanol–water partition coefficient (Wildman–Crippen LogP) is 1.13. The summed E-state index contributed by atoms with van der Waals surface area (Å²) in [5.74, 6) is -0.323. The van der Waals surface area contributed by atoms with E-state index in [9.17, 15) is 23.1 Å². The Bertz CT molecular complexity index is 487. The number of nitrogens with zero attached hydrogens (tertiary/aromatic N) is 3. The van der Waals surface area contributed by atoms with E-state index in [-0.39, 0.29) is 18.4 Å². The Morgan fingerprint density at radius 2 is 2.25 bits per heavy atom. The highest BCUT2D eigenvalue weighted by atomic mass is 19.4. The van der Waals surface area contributed by atoms with Crippen LogP contribution in [-0.4, -0.2) is 44.9 Å². The zero-order valence-corrected chi connectivity index (χ0v) is 11.0. The summed E-state index contributed by atoms with van der Waals surface area (Å²) in [6.45, 7) is 2.43. The van der Waals surface area contributed by atoms with Crippen molar-refractivity contribution in [3.63, 3.8) is 0 Å². The van der Waals surface area contributed by atoms with E-state index >= 15 is 0 Å². The Kier molecular flexibility index (Phi) is 4.03. The second-order valence-corrected chi connectivity index (χ2v) is 5.07. The second-order valence-electron chi connectivity index (χ2n) is 5.07. The van der Waals surface area contributed by atoms with E-state index in [1.807, 2.05) is 6.92 Å². The number of hydrogen-bond donors (Lipinski definition) is 1. The number of halogens is 3. The first-order valence-corrected chi connectivity index (χ1v) is 6.34. The third kappa shape index (κ3) is 3.30. The van der Waals surface area contributed by atoms with Crippen molar-refractivity contribution in [1.29, 1.82) is 0 Å². The predicted molar refractivity (Wildman–Crippen MR) is 63.6 cm³/mol. The molecule has 0 saturated carbocycles. The molecule has 0 aliphatic carbocycles. The van der Waals surface area contributed by atoms with Crippen LogP contribution in [-0.2, 0) is 17.5 Å². The molecule has 112 valence electrons. The summed E-state index contributed by atoms with van der Waals surface area (Å²) in [6, 6.07) is 0.843. The van der Waals surface area contributed by atoms with Gasteiger partial charge in [-0.15, -0.1) is 0 Å². The molecule has 2 atom stereocenters. The molecule has 1 aliphatic heterocycles. The maximum atomic E-state index is 12.4. The maximum absolute atomic E-state index is 12.4. The molecule has 8 heteroatoms. The van der Waals surface area contributed by atoms with Crippen LogP contribution in [0.5, 0.6) is 0 Å². The maximum Gasteiger partial charge on any atom is 0.435 e. The van der Waals surface area contributed by atoms with E-state index in [0.717, 1.165) is 16.9 Å². The van der Waals surface area contributed by atoms with Gasteiger partial charge in [-0.3, -0.25) is 9.48 Å². The van der Waals surface area contributed by atoms with E-state index in [0.29, 0.717) is 19.5 Å². The van der Waals surface area contributed by atoms with Gasteiger partial charge in [-0.25, -0.2) is 0 Å². The average Bonchev–Trinajstić information content (AvgIpc) is 2.81. The minimum absolute atomic E-state index is 0.0314. The number of hydrogen-bond acceptors (Lipinski definition) is 3. The Labute approximate surface area is 114 Å². The lowest BCUT2D eigenvalue weighted by atomic mass is 9.97. The van der Waals surface area contributed by atoms with Gasteiger partial charge in [0.25, 0.3) is 0 Å². The molecule has 0 radical (unpaired) electrons. The Balaban J connectivity index is 1.96. The Hall–Kier alpha value is -1.57. The van der Waals surface area contributed by atoms with E-state index in [4.69, 9.17) is 0 Å². The summed E-state index contributed by atoms with van der Waals surface area (Å²) in [7, 11) is 0. The summed E-state index contributed by atoms with van der Waals surface area (Å²) in [6.07, 6.45) is -3.30. The molecule has 1 saturated heterocycles. The van der Waals surface area contributed by atoms with Crippen molar-refractivity contribution < 1.29 is 23.1 Å². The molecule has 2 rings (SSSR count). The Morgan fingerprint density at radius 3 is 2.80 bits per heavy atom. The van der Waals surface area contributed by atoms with Gasteiger partial charge in [0.05, 0.1) is 6.10 Å². The van der Waals surface area contributed by atoms with Gasteiger partial charge < -0.3 is 10.0 Å². The molecule has 1 amide bonds. The van der Waals surface area contributed by atoms with Gasteiger partial charge in [-0.2, -0.15) is 18.3 Å². The van der Waals surface area contributed by atoms with Crippen molar-refractivity contribution in [3.05, 3.63) is 18.0 Å². The fraction of sp³-hybridized carbons (Fsp3) is 0.667. The monoisotopic (exact) mass is 291 g/mol. The Morgan fingerprint density at radius 1 is 1.55 bits per heavy atom. The number of aromatic nitrogens is 2. The van der Waals surface area contributed by atoms with Gasteiger partial charge in [-0.05, 0) is 18.4 Å². The quantitative estimate of drug-likeness (QED) is 0.888. The van der Waals surface area contributed by atoms with Crippen molar-refractivity contribution in [2.45, 2.75) is 32.2 Å². The van der Waals surface area contributed by atoms with Gasteiger partial charge in [-0.1, -0.05) is 6.92 Å². The fourth-order valence-electron chi connectivity index (χ4n) is 2.20. The fourth-order valence-corrected chi connectivity index (χ4v) is 2.20. The molecular formula is C12H16F3N3O2. The van der Waals surface area contributed by atoms with Crippen LogP contribution in [0.25, 0.3) is 0 Å². The lowest BCUT2D eigenvalue weighted by Gasteiger charge is -2.34. The number of piperidine rings is 1. The minimum atomic E-state index is -4.50. The molecule has 0 spiro atoms. The third-order valence-electron chi connectivity index (χ3n) is 3.44. The lowest BCUT2D eigenvalue weighted by molar-refractivity contribution is -0.142. The zero-order chi connectivity index (χ0) is 14.9. The van der Waals surface area contributed by atoms with Crippen LogP contribution in [0.1, 0.15) is 19.0 Å². The molecule has 1 aromatic rings. The first kappa shape index (κ1) is 14.8. The molecule has 1 N–H and O–H groups in total. The third-order valence-corrected chi connectivity index (χ3v) is 3.44. The smallest absolute Gasteiger partial charge is 0.393 e. The van der Waals surface area contributed by atoms with Crippen LogP contribution in [0.15, 0.2) is 12.3 Å². The topological polar surface area (TPSA) is 58.4 Å². The van der Waals surface area contributed by atoms with Crippen molar-refractivity contribution in [1.82, 2.24) is 14.7 Å². The van der Waals surface area contributed by atoms with E-state index in [1.165, 1.54) is 0 Å². The van der Waals surface area contributed by atoms with Crippen LogP contribution < -0.4 is 0 Å². The standard InChI is InChI=1S/C12H16F3N3O2/c1-8-6-17(4-2-9(8)19)11(20)7-18-5-3-10(16-18)12(13,14)15/h3,5,8-9,19H,2,4,6-7H2,1H3. The molecule has 1 fully saturated rings. The van der Waals surface area contributed by atoms with Crippen LogP contribution in [0.3, 0.4) is 0 Å². The van der Waals surface area contributed by atoms with Gasteiger partial charge in [0.1, 0.15) is 6.54 Å². The van der Waals surface area contributed by atoms with Gasteiger partial charge >= 0.3 is 6.18 Å². The van der Waals surface area contributed by atoms with Crippen molar-refractivity contribution >= 4 is 5.91 Å². The molecule has 1 aromatic heterocycles. The molecule has 1 aliphatic rings. The highest BCUT2D eigenvalue weighted by molar-refractivity contribution is 5.76. The van der Waals surface area contributed by atoms with Crippen LogP contribution in [0, 0.1) is 5.92 Å². The molecule has 20 heavy (non-hydrogen) atoms. The number of carbonyl (C=O) groups is 1. The van der Waals surface area contributed by atoms with Gasteiger partial charge in [0.2, 0.25) is 5.91 Å². The lowest BCUT2D eigenvalue weighted by Crippen LogP contribution is -2.46. The molecule has 0 aromatic carbocycles. The number of rotatable bonds is 2. The largest absolute Gasteiger partial charge is 0.435 e. The van der Waals surface area contributed by atoms with Crippen LogP contribution in [0.4, 0.5) is 13.2 Å². The molecule has 2 heterocycles. The second kappa shape index (κ2) is 5.43. The highest BCUT2D eigenvalue weighted by Gasteiger charge is 2.34. The first-order chi connectivity index (χ1) is 9.27. The first-order valence-electron chi connectivity index (χ1n) is 6.34. The minimum Gasteiger partial charge on any atom is -0.393 e. The van der Waals surface area contributed by atoms with Crippen molar-refractivity contribution in [2.24, 2.45) is 5.92 Å². The summed E-state index contributed by atoms with van der Waals surface area (Å²) in [5.41, 5.74) is -1.01. The number of amides is 1. The van der Waals surface area contributed by atoms with E-state index in [1.54, 1.807) is 4.90 Å². The van der Waals surface area contributed by atoms with Crippen LogP contribution >= 0.6 is 0 Å². The SMILES string of the molecule is CC1CN(C(=O)Cn2ccc(C(F)(F)F)n2)CCC1O.